The molecule has 0 atom stereocenters. The van der Waals surface area contributed by atoms with Crippen LogP contribution in [0, 0.1) is 18.3 Å². The van der Waals surface area contributed by atoms with Crippen molar-refractivity contribution in [1.29, 1.82) is 5.26 Å². The Morgan fingerprint density at radius 2 is 2.17 bits per heavy atom. The molecule has 0 saturated heterocycles. The van der Waals surface area contributed by atoms with Gasteiger partial charge in [-0.15, -0.1) is 0 Å². The van der Waals surface area contributed by atoms with Crippen LogP contribution in [0.5, 0.6) is 0 Å². The van der Waals surface area contributed by atoms with Gasteiger partial charge in [0.05, 0.1) is 6.61 Å². The molecule has 9 heteroatoms. The van der Waals surface area contributed by atoms with E-state index in [-0.39, 0.29) is 23.8 Å². The molecule has 8 nitrogen and oxygen atoms in total. The molecule has 1 rings (SSSR count). The normalized spacial score (nSPS) is 9.83. The highest BCUT2D eigenvalue weighted by Gasteiger charge is 2.15. The zero-order valence-electron chi connectivity index (χ0n) is 13.2. The number of carbonyl (C=O) groups excluding carboxylic acids is 1. The van der Waals surface area contributed by atoms with Crippen LogP contribution in [-0.4, -0.2) is 29.2 Å². The summed E-state index contributed by atoms with van der Waals surface area (Å²) in [7, 11) is 1.48. The number of pyridine rings is 1. The molecule has 1 aromatic heterocycles. The Morgan fingerprint density at radius 3 is 2.74 bits per heavy atom. The number of nitriles is 1. The fourth-order valence-electron chi connectivity index (χ4n) is 1.93. The number of methoxy groups -OCH3 is 1. The molecule has 23 heavy (non-hydrogen) atoms. The van der Waals surface area contributed by atoms with Gasteiger partial charge >= 0.3 is 0 Å². The van der Waals surface area contributed by atoms with Crippen LogP contribution in [0.3, 0.4) is 0 Å². The number of carbonyl (C=O) groups is 1. The van der Waals surface area contributed by atoms with Crippen molar-refractivity contribution in [2.75, 3.05) is 13.7 Å². The molecule has 0 aromatic carbocycles. The van der Waals surface area contributed by atoms with E-state index < -0.39 is 11.5 Å². The topological polar surface area (TPSA) is 108 Å². The van der Waals surface area contributed by atoms with Crippen LogP contribution < -0.4 is 21.7 Å². The maximum atomic E-state index is 12.3. The Balaban J connectivity index is 2.93. The van der Waals surface area contributed by atoms with E-state index in [0.717, 1.165) is 0 Å². The van der Waals surface area contributed by atoms with Crippen molar-refractivity contribution in [2.24, 2.45) is 0 Å². The van der Waals surface area contributed by atoms with Gasteiger partial charge in [0.1, 0.15) is 18.2 Å². The van der Waals surface area contributed by atoms with Crippen LogP contribution in [0.25, 0.3) is 0 Å². The number of nitrogens with zero attached hydrogens (tertiary/aromatic N) is 2. The summed E-state index contributed by atoms with van der Waals surface area (Å²) >= 11 is 4.91. The summed E-state index contributed by atoms with van der Waals surface area (Å²) in [5, 5.41) is 12.2. The lowest BCUT2D eigenvalue weighted by Gasteiger charge is -2.14. The highest BCUT2D eigenvalue weighted by molar-refractivity contribution is 7.80. The molecule has 3 N–H and O–H groups in total. The maximum Gasteiger partial charge on any atom is 0.269 e. The summed E-state index contributed by atoms with van der Waals surface area (Å²) in [6.07, 6.45) is 0. The standard InChI is InChI=1S/C14H19N5O3S/c1-4-16-14(23)18-17-12(20)7-19-9(2)5-10(8-22-3)11(6-15)13(19)21/h5H,4,7-8H2,1-3H3,(H,17,20)(H2,16,18,23). The van der Waals surface area contributed by atoms with Crippen molar-refractivity contribution in [1.82, 2.24) is 20.7 Å². The average molecular weight is 337 g/mol. The second-order valence-electron chi connectivity index (χ2n) is 4.65. The molecule has 0 unspecified atom stereocenters. The molecule has 0 saturated carbocycles. The quantitative estimate of drug-likeness (QED) is 0.499. The van der Waals surface area contributed by atoms with Gasteiger partial charge in [-0.2, -0.15) is 5.26 Å². The molecule has 124 valence electrons. The predicted molar refractivity (Wildman–Crippen MR) is 88.4 cm³/mol. The Morgan fingerprint density at radius 1 is 1.48 bits per heavy atom. The van der Waals surface area contributed by atoms with Crippen LogP contribution in [0.4, 0.5) is 0 Å². The maximum absolute atomic E-state index is 12.3. The van der Waals surface area contributed by atoms with E-state index in [1.54, 1.807) is 13.0 Å². The highest BCUT2D eigenvalue weighted by atomic mass is 32.1. The number of amides is 1. The second-order valence-corrected chi connectivity index (χ2v) is 5.06. The number of hydrazine groups is 1. The van der Waals surface area contributed by atoms with E-state index in [2.05, 4.69) is 16.2 Å². The van der Waals surface area contributed by atoms with E-state index >= 15 is 0 Å². The van der Waals surface area contributed by atoms with Crippen LogP contribution in [0.2, 0.25) is 0 Å². The van der Waals surface area contributed by atoms with Gasteiger partial charge in [0.25, 0.3) is 11.5 Å². The van der Waals surface area contributed by atoms with Crippen LogP contribution in [-0.2, 0) is 22.7 Å². The molecule has 1 aromatic rings. The lowest BCUT2D eigenvalue weighted by atomic mass is 10.1. The Bertz CT molecular complexity index is 693. The molecule has 1 heterocycles. The van der Waals surface area contributed by atoms with E-state index in [1.807, 2.05) is 13.0 Å². The first-order valence-corrected chi connectivity index (χ1v) is 7.30. The van der Waals surface area contributed by atoms with Crippen molar-refractivity contribution >= 4 is 23.2 Å². The van der Waals surface area contributed by atoms with Gasteiger partial charge in [0, 0.05) is 24.9 Å². The third-order valence-electron chi connectivity index (χ3n) is 2.96. The number of hydrogen-bond donors (Lipinski definition) is 3. The molecule has 0 fully saturated rings. The van der Waals surface area contributed by atoms with Gasteiger partial charge < -0.3 is 14.6 Å². The summed E-state index contributed by atoms with van der Waals surface area (Å²) in [6, 6.07) is 3.53. The summed E-state index contributed by atoms with van der Waals surface area (Å²) < 4.78 is 6.21. The number of nitrogens with one attached hydrogen (secondary N) is 3. The largest absolute Gasteiger partial charge is 0.380 e. The van der Waals surface area contributed by atoms with Gasteiger partial charge in [-0.1, -0.05) is 0 Å². The predicted octanol–water partition coefficient (Wildman–Crippen LogP) is -0.310. The minimum atomic E-state index is -0.524. The van der Waals surface area contributed by atoms with E-state index in [1.165, 1.54) is 11.7 Å². The fourth-order valence-corrected chi connectivity index (χ4v) is 2.13. The first-order valence-electron chi connectivity index (χ1n) is 6.89. The lowest BCUT2D eigenvalue weighted by Crippen LogP contribution is -2.48. The smallest absolute Gasteiger partial charge is 0.269 e. The molecular weight excluding hydrogens is 318 g/mol. The molecular formula is C14H19N5O3S. The third kappa shape index (κ3) is 5.05. The summed E-state index contributed by atoms with van der Waals surface area (Å²) in [6.45, 7) is 4.10. The Kier molecular flexibility index (Phi) is 7.18. The zero-order chi connectivity index (χ0) is 17.4. The number of ether oxygens (including phenoxy) is 1. The highest BCUT2D eigenvalue weighted by Crippen LogP contribution is 2.08. The molecule has 0 radical (unpaired) electrons. The van der Waals surface area contributed by atoms with E-state index in [0.29, 0.717) is 17.8 Å². The monoisotopic (exact) mass is 337 g/mol. The third-order valence-corrected chi connectivity index (χ3v) is 3.20. The van der Waals surface area contributed by atoms with Crippen LogP contribution in [0.15, 0.2) is 10.9 Å². The first kappa shape index (κ1) is 18.6. The van der Waals surface area contributed by atoms with Gasteiger partial charge in [-0.25, -0.2) is 0 Å². The fraction of sp³-hybridized carbons (Fsp3) is 0.429. The zero-order valence-corrected chi connectivity index (χ0v) is 14.0. The summed E-state index contributed by atoms with van der Waals surface area (Å²) in [4.78, 5) is 24.2. The van der Waals surface area contributed by atoms with Crippen molar-refractivity contribution in [3.63, 3.8) is 0 Å². The van der Waals surface area contributed by atoms with Crippen molar-refractivity contribution in [3.05, 3.63) is 33.2 Å². The molecule has 1 amide bonds. The molecule has 0 aliphatic heterocycles. The SMILES string of the molecule is CCNC(=S)NNC(=O)Cn1c(C)cc(COC)c(C#N)c1=O. The first-order chi connectivity index (χ1) is 10.9. The number of rotatable bonds is 5. The van der Waals surface area contributed by atoms with E-state index in [9.17, 15) is 9.59 Å². The number of thiocarbonyl (C=S) groups is 1. The summed E-state index contributed by atoms with van der Waals surface area (Å²) in [5.41, 5.74) is 5.42. The Hall–Kier alpha value is -2.44. The molecule has 0 bridgehead atoms. The Labute approximate surface area is 139 Å². The van der Waals surface area contributed by atoms with Crippen LogP contribution >= 0.6 is 12.2 Å². The van der Waals surface area contributed by atoms with Crippen molar-refractivity contribution < 1.29 is 9.53 Å². The minimum absolute atomic E-state index is 0.0265. The molecule has 0 aliphatic carbocycles. The number of hydrogen-bond acceptors (Lipinski definition) is 5. The van der Waals surface area contributed by atoms with Gasteiger partial charge in [-0.3, -0.25) is 20.4 Å². The van der Waals surface area contributed by atoms with Crippen LogP contribution in [0.1, 0.15) is 23.7 Å². The van der Waals surface area contributed by atoms with Gasteiger partial charge in [0.2, 0.25) is 0 Å². The summed E-state index contributed by atoms with van der Waals surface area (Å²) in [5.74, 6) is -0.459. The minimum Gasteiger partial charge on any atom is -0.380 e. The molecule has 0 aliphatic rings. The average Bonchev–Trinajstić information content (AvgIpc) is 2.50. The number of aromatic nitrogens is 1. The van der Waals surface area contributed by atoms with Crippen molar-refractivity contribution in [2.45, 2.75) is 27.0 Å². The molecule has 0 spiro atoms. The second kappa shape index (κ2) is 8.87. The van der Waals surface area contributed by atoms with Gasteiger partial charge in [0.15, 0.2) is 5.11 Å². The van der Waals surface area contributed by atoms with Crippen molar-refractivity contribution in [3.8, 4) is 6.07 Å². The lowest BCUT2D eigenvalue weighted by molar-refractivity contribution is -0.122. The van der Waals surface area contributed by atoms with Gasteiger partial charge in [-0.05, 0) is 32.1 Å². The number of aryl methyl sites for hydroxylation is 1. The van der Waals surface area contributed by atoms with E-state index in [4.69, 9.17) is 22.2 Å².